The highest BCUT2D eigenvalue weighted by atomic mass is 19.4. The molecular formula is C13H13F3O6. The first-order valence-corrected chi connectivity index (χ1v) is 6.24. The summed E-state index contributed by atoms with van der Waals surface area (Å²) < 4.78 is 47.3. The van der Waals surface area contributed by atoms with Crippen LogP contribution in [0, 0.1) is 0 Å². The predicted molar refractivity (Wildman–Crippen MR) is 64.6 cm³/mol. The molecule has 22 heavy (non-hydrogen) atoms. The van der Waals surface area contributed by atoms with E-state index in [1.807, 2.05) is 0 Å². The van der Waals surface area contributed by atoms with Crippen molar-refractivity contribution in [3.8, 4) is 0 Å². The summed E-state index contributed by atoms with van der Waals surface area (Å²) in [5.74, 6) is -1.16. The molecule has 1 aromatic rings. The molecule has 0 aromatic heterocycles. The van der Waals surface area contributed by atoms with E-state index in [-0.39, 0.29) is 5.56 Å². The number of hydrogen-bond donors (Lipinski definition) is 3. The zero-order valence-corrected chi connectivity index (χ0v) is 11.0. The van der Waals surface area contributed by atoms with Crippen molar-refractivity contribution in [3.63, 3.8) is 0 Å². The lowest BCUT2D eigenvalue weighted by Crippen LogP contribution is -2.37. The maximum Gasteiger partial charge on any atom is 0.416 e. The number of aliphatic hydroxyl groups is 3. The highest BCUT2D eigenvalue weighted by Crippen LogP contribution is 2.30. The Bertz CT molecular complexity index is 547. The Morgan fingerprint density at radius 1 is 1.32 bits per heavy atom. The molecule has 0 radical (unpaired) electrons. The van der Waals surface area contributed by atoms with Crippen molar-refractivity contribution in [3.05, 3.63) is 35.4 Å². The molecule has 1 aliphatic heterocycles. The highest BCUT2D eigenvalue weighted by molar-refractivity contribution is 5.89. The molecule has 9 heteroatoms. The third-order valence-corrected chi connectivity index (χ3v) is 3.16. The fraction of sp³-hybridized carbons (Fsp3) is 0.462. The zero-order valence-electron chi connectivity index (χ0n) is 11.0. The number of carbonyl (C=O) groups excluding carboxylic acids is 1. The zero-order chi connectivity index (χ0) is 16.5. The Balaban J connectivity index is 2.13. The van der Waals surface area contributed by atoms with Crippen LogP contribution in [0.25, 0.3) is 0 Å². The van der Waals surface area contributed by atoms with Gasteiger partial charge in [-0.2, -0.15) is 13.2 Å². The average Bonchev–Trinajstić information content (AvgIpc) is 2.74. The molecule has 1 heterocycles. The molecule has 0 aliphatic carbocycles. The van der Waals surface area contributed by atoms with Gasteiger partial charge in [-0.25, -0.2) is 4.79 Å². The summed E-state index contributed by atoms with van der Waals surface area (Å²) in [7, 11) is 0. The number of hydrogen-bond acceptors (Lipinski definition) is 6. The molecule has 1 fully saturated rings. The summed E-state index contributed by atoms with van der Waals surface area (Å²) in [5.41, 5.74) is -1.42. The van der Waals surface area contributed by atoms with E-state index in [9.17, 15) is 28.2 Å². The van der Waals surface area contributed by atoms with Gasteiger partial charge in [0.1, 0.15) is 12.2 Å². The minimum Gasteiger partial charge on any atom is -0.450 e. The topological polar surface area (TPSA) is 96.2 Å². The Hall–Kier alpha value is -1.68. The maximum atomic E-state index is 12.6. The number of aliphatic hydroxyl groups excluding tert-OH is 3. The standard InChI is InChI=1S/C13H13F3O6/c14-13(15,16)7-3-1-2-6(4-7)11(19)22-10-9(18)8(5-17)21-12(10)20/h1-4,8-10,12,17-18,20H,5H2/t8-,9+,10-,12?/m1/s1. The second-order valence-corrected chi connectivity index (χ2v) is 4.69. The lowest BCUT2D eigenvalue weighted by Gasteiger charge is -2.18. The fourth-order valence-electron chi connectivity index (χ4n) is 2.01. The van der Waals surface area contributed by atoms with Gasteiger partial charge >= 0.3 is 12.1 Å². The van der Waals surface area contributed by atoms with E-state index in [1.165, 1.54) is 0 Å². The van der Waals surface area contributed by atoms with Crippen LogP contribution in [0.2, 0.25) is 0 Å². The highest BCUT2D eigenvalue weighted by Gasteiger charge is 2.45. The first-order chi connectivity index (χ1) is 10.2. The predicted octanol–water partition coefficient (Wildman–Crippen LogP) is 0.301. The number of carbonyl (C=O) groups is 1. The van der Waals surface area contributed by atoms with Crippen LogP contribution >= 0.6 is 0 Å². The number of halogens is 3. The number of benzene rings is 1. The lowest BCUT2D eigenvalue weighted by molar-refractivity contribution is -0.138. The summed E-state index contributed by atoms with van der Waals surface area (Å²) in [6, 6.07) is 3.53. The first kappa shape index (κ1) is 16.7. The Labute approximate surface area is 122 Å². The Morgan fingerprint density at radius 3 is 2.55 bits per heavy atom. The first-order valence-electron chi connectivity index (χ1n) is 6.24. The Morgan fingerprint density at radius 2 is 2.00 bits per heavy atom. The van der Waals surface area contributed by atoms with Crippen LogP contribution < -0.4 is 0 Å². The van der Waals surface area contributed by atoms with E-state index in [1.54, 1.807) is 0 Å². The molecular weight excluding hydrogens is 309 g/mol. The second-order valence-electron chi connectivity index (χ2n) is 4.69. The van der Waals surface area contributed by atoms with Crippen LogP contribution in [0.1, 0.15) is 15.9 Å². The lowest BCUT2D eigenvalue weighted by atomic mass is 10.1. The van der Waals surface area contributed by atoms with Crippen molar-refractivity contribution in [2.24, 2.45) is 0 Å². The number of esters is 1. The number of alkyl halides is 3. The van der Waals surface area contributed by atoms with E-state index in [4.69, 9.17) is 14.6 Å². The van der Waals surface area contributed by atoms with Gasteiger partial charge in [0.15, 0.2) is 12.4 Å². The van der Waals surface area contributed by atoms with Crippen molar-refractivity contribution in [1.29, 1.82) is 0 Å². The van der Waals surface area contributed by atoms with Gasteiger partial charge in [-0.3, -0.25) is 0 Å². The van der Waals surface area contributed by atoms with Crippen LogP contribution in [0.15, 0.2) is 24.3 Å². The molecule has 0 amide bonds. The smallest absolute Gasteiger partial charge is 0.416 e. The van der Waals surface area contributed by atoms with Crippen LogP contribution in [0.4, 0.5) is 13.2 Å². The van der Waals surface area contributed by atoms with Gasteiger partial charge in [-0.1, -0.05) is 6.07 Å². The average molecular weight is 322 g/mol. The molecule has 4 atom stereocenters. The van der Waals surface area contributed by atoms with Gasteiger partial charge in [-0.05, 0) is 18.2 Å². The van der Waals surface area contributed by atoms with E-state index in [2.05, 4.69) is 0 Å². The van der Waals surface area contributed by atoms with Crippen molar-refractivity contribution < 1.29 is 42.8 Å². The number of ether oxygens (including phenoxy) is 2. The van der Waals surface area contributed by atoms with E-state index >= 15 is 0 Å². The van der Waals surface area contributed by atoms with Crippen molar-refractivity contribution in [1.82, 2.24) is 0 Å². The second kappa shape index (κ2) is 6.21. The third-order valence-electron chi connectivity index (χ3n) is 3.16. The largest absolute Gasteiger partial charge is 0.450 e. The van der Waals surface area contributed by atoms with Gasteiger partial charge in [-0.15, -0.1) is 0 Å². The fourth-order valence-corrected chi connectivity index (χ4v) is 2.01. The molecule has 0 bridgehead atoms. The monoisotopic (exact) mass is 322 g/mol. The molecule has 2 rings (SSSR count). The van der Waals surface area contributed by atoms with E-state index in [0.29, 0.717) is 6.07 Å². The summed E-state index contributed by atoms with van der Waals surface area (Å²) in [5, 5.41) is 28.1. The minimum atomic E-state index is -4.62. The quantitative estimate of drug-likeness (QED) is 0.693. The van der Waals surface area contributed by atoms with E-state index in [0.717, 1.165) is 18.2 Å². The molecule has 0 saturated carbocycles. The van der Waals surface area contributed by atoms with Crippen molar-refractivity contribution >= 4 is 5.97 Å². The third kappa shape index (κ3) is 3.38. The summed E-state index contributed by atoms with van der Waals surface area (Å²) in [6.07, 6.45) is -10.4. The van der Waals surface area contributed by atoms with Crippen LogP contribution in [0.5, 0.6) is 0 Å². The molecule has 6 nitrogen and oxygen atoms in total. The van der Waals surface area contributed by atoms with Gasteiger partial charge in [0.25, 0.3) is 0 Å². The molecule has 122 valence electrons. The van der Waals surface area contributed by atoms with Gasteiger partial charge in [0, 0.05) is 0 Å². The van der Waals surface area contributed by atoms with Gasteiger partial charge < -0.3 is 24.8 Å². The van der Waals surface area contributed by atoms with Crippen molar-refractivity contribution in [2.75, 3.05) is 6.61 Å². The minimum absolute atomic E-state index is 0.387. The SMILES string of the molecule is O=C(O[C@H]1C(O)O[C@H](CO)[C@@H]1O)c1cccc(C(F)(F)F)c1. The molecule has 1 aromatic carbocycles. The molecule has 3 N–H and O–H groups in total. The summed E-state index contributed by atoms with van der Waals surface area (Å²) in [6.45, 7) is -0.615. The van der Waals surface area contributed by atoms with Gasteiger partial charge in [0.05, 0.1) is 17.7 Å². The molecule has 1 unspecified atom stereocenters. The maximum absolute atomic E-state index is 12.6. The summed E-state index contributed by atoms with van der Waals surface area (Å²) >= 11 is 0. The normalized spacial score (nSPS) is 28.6. The summed E-state index contributed by atoms with van der Waals surface area (Å²) in [4.78, 5) is 11.8. The molecule has 1 aliphatic rings. The van der Waals surface area contributed by atoms with Crippen LogP contribution in [0.3, 0.4) is 0 Å². The molecule has 0 spiro atoms. The molecule has 1 saturated heterocycles. The van der Waals surface area contributed by atoms with E-state index < -0.39 is 48.9 Å². The Kier molecular flexibility index (Phi) is 4.71. The number of rotatable bonds is 3. The van der Waals surface area contributed by atoms with Crippen molar-refractivity contribution in [2.45, 2.75) is 30.8 Å². The van der Waals surface area contributed by atoms with Gasteiger partial charge in [0.2, 0.25) is 0 Å². The van der Waals surface area contributed by atoms with Crippen LogP contribution in [-0.2, 0) is 15.7 Å². The van der Waals surface area contributed by atoms with Crippen LogP contribution in [-0.4, -0.2) is 52.5 Å².